The molecular formula is C9H12N2O4. The number of carbonyl (C=O) groups excluding carboxylic acids is 1. The number of rotatable bonds is 3. The lowest BCUT2D eigenvalue weighted by Gasteiger charge is -2.09. The zero-order valence-corrected chi connectivity index (χ0v) is 8.81. The first-order valence-corrected chi connectivity index (χ1v) is 4.27. The summed E-state index contributed by atoms with van der Waals surface area (Å²) in [4.78, 5) is 26.5. The summed E-state index contributed by atoms with van der Waals surface area (Å²) in [5, 5.41) is 0. The van der Waals surface area contributed by atoms with Crippen molar-refractivity contribution in [2.24, 2.45) is 0 Å². The Labute approximate surface area is 86.5 Å². The van der Waals surface area contributed by atoms with E-state index in [1.165, 1.54) is 20.3 Å². The van der Waals surface area contributed by atoms with Crippen molar-refractivity contribution in [3.63, 3.8) is 0 Å². The summed E-state index contributed by atoms with van der Waals surface area (Å²) in [7, 11) is 2.64. The van der Waals surface area contributed by atoms with E-state index in [2.05, 4.69) is 9.72 Å². The number of esters is 1. The van der Waals surface area contributed by atoms with Gasteiger partial charge in [0.1, 0.15) is 6.54 Å². The lowest BCUT2D eigenvalue weighted by Crippen LogP contribution is -2.26. The highest BCUT2D eigenvalue weighted by Gasteiger charge is 2.11. The second kappa shape index (κ2) is 4.59. The molecule has 0 saturated carbocycles. The number of hydrogen-bond acceptors (Lipinski definition) is 5. The van der Waals surface area contributed by atoms with E-state index in [0.29, 0.717) is 5.69 Å². The number of hydrogen-bond donors (Lipinski definition) is 0. The molecule has 0 bridgehead atoms. The van der Waals surface area contributed by atoms with Crippen molar-refractivity contribution in [2.45, 2.75) is 13.5 Å². The Bertz CT molecular complexity index is 425. The molecule has 0 radical (unpaired) electrons. The molecule has 0 fully saturated rings. The molecule has 0 saturated heterocycles. The van der Waals surface area contributed by atoms with Crippen molar-refractivity contribution in [1.82, 2.24) is 9.55 Å². The fraction of sp³-hybridized carbons (Fsp3) is 0.444. The highest BCUT2D eigenvalue weighted by atomic mass is 16.5. The second-order valence-corrected chi connectivity index (χ2v) is 2.88. The van der Waals surface area contributed by atoms with E-state index in [4.69, 9.17) is 4.74 Å². The summed E-state index contributed by atoms with van der Waals surface area (Å²) in [5.41, 5.74) is 0.197. The minimum Gasteiger partial charge on any atom is -0.468 e. The summed E-state index contributed by atoms with van der Waals surface area (Å²) in [5.74, 6) is -0.527. The fourth-order valence-electron chi connectivity index (χ4n) is 1.09. The van der Waals surface area contributed by atoms with Crippen LogP contribution in [-0.2, 0) is 16.1 Å². The largest absolute Gasteiger partial charge is 0.468 e. The van der Waals surface area contributed by atoms with Gasteiger partial charge < -0.3 is 9.47 Å². The standard InChI is InChI=1S/C9H12N2O4/c1-6-4-7(12)11(5-8(13)14-2)9(10-6)15-3/h4H,5H2,1-3H3. The van der Waals surface area contributed by atoms with Crippen LogP contribution in [0.1, 0.15) is 5.69 Å². The van der Waals surface area contributed by atoms with Crippen LogP contribution in [0.3, 0.4) is 0 Å². The van der Waals surface area contributed by atoms with Crippen LogP contribution in [-0.4, -0.2) is 29.7 Å². The lowest BCUT2D eigenvalue weighted by molar-refractivity contribution is -0.141. The van der Waals surface area contributed by atoms with Crippen molar-refractivity contribution < 1.29 is 14.3 Å². The topological polar surface area (TPSA) is 70.4 Å². The lowest BCUT2D eigenvalue weighted by atomic mass is 10.4. The predicted octanol–water partition coefficient (Wildman–Crippen LogP) is -0.267. The van der Waals surface area contributed by atoms with Gasteiger partial charge in [0.05, 0.1) is 14.2 Å². The third-order valence-electron chi connectivity index (χ3n) is 1.80. The molecule has 0 atom stereocenters. The average Bonchev–Trinajstić information content (AvgIpc) is 2.21. The van der Waals surface area contributed by atoms with E-state index in [1.807, 2.05) is 0 Å². The summed E-state index contributed by atoms with van der Waals surface area (Å²) < 4.78 is 10.5. The Balaban J connectivity index is 3.15. The van der Waals surface area contributed by atoms with Gasteiger partial charge in [-0.25, -0.2) is 4.98 Å². The van der Waals surface area contributed by atoms with Crippen molar-refractivity contribution in [3.8, 4) is 6.01 Å². The Morgan fingerprint density at radius 3 is 2.73 bits per heavy atom. The molecule has 82 valence electrons. The number of aryl methyl sites for hydroxylation is 1. The molecule has 0 unspecified atom stereocenters. The molecule has 6 nitrogen and oxygen atoms in total. The molecule has 0 aliphatic rings. The molecule has 0 amide bonds. The van der Waals surface area contributed by atoms with Gasteiger partial charge in [-0.3, -0.25) is 14.2 Å². The molecule has 1 aromatic heterocycles. The quantitative estimate of drug-likeness (QED) is 0.645. The van der Waals surface area contributed by atoms with Gasteiger partial charge in [-0.2, -0.15) is 0 Å². The van der Waals surface area contributed by atoms with Crippen LogP contribution in [0.25, 0.3) is 0 Å². The van der Waals surface area contributed by atoms with Crippen LogP contribution in [0.4, 0.5) is 0 Å². The smallest absolute Gasteiger partial charge is 0.325 e. The van der Waals surface area contributed by atoms with Crippen LogP contribution in [0.2, 0.25) is 0 Å². The fourth-order valence-corrected chi connectivity index (χ4v) is 1.09. The van der Waals surface area contributed by atoms with Gasteiger partial charge in [-0.15, -0.1) is 0 Å². The molecular weight excluding hydrogens is 200 g/mol. The summed E-state index contributed by atoms with van der Waals surface area (Å²) in [6.45, 7) is 1.47. The molecule has 0 spiro atoms. The van der Waals surface area contributed by atoms with E-state index in [-0.39, 0.29) is 18.1 Å². The third kappa shape index (κ3) is 2.55. The first-order chi connectivity index (χ1) is 7.08. The van der Waals surface area contributed by atoms with E-state index < -0.39 is 5.97 Å². The van der Waals surface area contributed by atoms with Gasteiger partial charge in [0, 0.05) is 11.8 Å². The van der Waals surface area contributed by atoms with Gasteiger partial charge in [0.2, 0.25) is 0 Å². The third-order valence-corrected chi connectivity index (χ3v) is 1.80. The van der Waals surface area contributed by atoms with E-state index >= 15 is 0 Å². The van der Waals surface area contributed by atoms with E-state index in [9.17, 15) is 9.59 Å². The second-order valence-electron chi connectivity index (χ2n) is 2.88. The first kappa shape index (κ1) is 11.2. The summed E-state index contributed by atoms with van der Waals surface area (Å²) in [6, 6.07) is 1.43. The van der Waals surface area contributed by atoms with Gasteiger partial charge in [0.15, 0.2) is 0 Å². The number of ether oxygens (including phenoxy) is 2. The van der Waals surface area contributed by atoms with Gasteiger partial charge in [-0.1, -0.05) is 0 Å². The average molecular weight is 212 g/mol. The van der Waals surface area contributed by atoms with Crippen LogP contribution in [0, 0.1) is 6.92 Å². The van der Waals surface area contributed by atoms with Crippen LogP contribution in [0.5, 0.6) is 6.01 Å². The van der Waals surface area contributed by atoms with Gasteiger partial charge in [0.25, 0.3) is 11.6 Å². The Hall–Kier alpha value is -1.85. The maximum atomic E-state index is 11.5. The molecule has 0 aromatic carbocycles. The Morgan fingerprint density at radius 1 is 1.53 bits per heavy atom. The molecule has 0 aliphatic carbocycles. The molecule has 15 heavy (non-hydrogen) atoms. The predicted molar refractivity (Wildman–Crippen MR) is 51.8 cm³/mol. The van der Waals surface area contributed by atoms with Crippen LogP contribution in [0.15, 0.2) is 10.9 Å². The maximum absolute atomic E-state index is 11.5. The molecule has 1 aromatic rings. The van der Waals surface area contributed by atoms with Gasteiger partial charge >= 0.3 is 5.97 Å². The highest BCUT2D eigenvalue weighted by Crippen LogP contribution is 2.03. The SMILES string of the molecule is COC(=O)Cn1c(OC)nc(C)cc1=O. The molecule has 1 heterocycles. The minimum atomic E-state index is -0.527. The molecule has 6 heteroatoms. The summed E-state index contributed by atoms with van der Waals surface area (Å²) >= 11 is 0. The van der Waals surface area contributed by atoms with Crippen molar-refractivity contribution in [3.05, 3.63) is 22.1 Å². The molecule has 1 rings (SSSR count). The number of methoxy groups -OCH3 is 2. The maximum Gasteiger partial charge on any atom is 0.325 e. The molecule has 0 aliphatic heterocycles. The number of aromatic nitrogens is 2. The van der Waals surface area contributed by atoms with Crippen LogP contribution < -0.4 is 10.3 Å². The Morgan fingerprint density at radius 2 is 2.20 bits per heavy atom. The summed E-state index contributed by atoms with van der Waals surface area (Å²) in [6.07, 6.45) is 0. The monoisotopic (exact) mass is 212 g/mol. The first-order valence-electron chi connectivity index (χ1n) is 4.27. The van der Waals surface area contributed by atoms with Crippen molar-refractivity contribution in [1.29, 1.82) is 0 Å². The van der Waals surface area contributed by atoms with E-state index in [0.717, 1.165) is 4.57 Å². The van der Waals surface area contributed by atoms with Crippen LogP contribution >= 0.6 is 0 Å². The van der Waals surface area contributed by atoms with Crippen molar-refractivity contribution in [2.75, 3.05) is 14.2 Å². The zero-order chi connectivity index (χ0) is 11.4. The number of nitrogens with zero attached hydrogens (tertiary/aromatic N) is 2. The highest BCUT2D eigenvalue weighted by molar-refractivity contribution is 5.69. The van der Waals surface area contributed by atoms with Crippen molar-refractivity contribution >= 4 is 5.97 Å². The zero-order valence-electron chi connectivity index (χ0n) is 8.81. The number of carbonyl (C=O) groups is 1. The molecule has 0 N–H and O–H groups in total. The Kier molecular flexibility index (Phi) is 3.43. The van der Waals surface area contributed by atoms with Gasteiger partial charge in [-0.05, 0) is 6.92 Å². The normalized spacial score (nSPS) is 9.80. The minimum absolute atomic E-state index is 0.102. The van der Waals surface area contributed by atoms with E-state index in [1.54, 1.807) is 6.92 Å².